The van der Waals surface area contributed by atoms with Gasteiger partial charge in [0, 0.05) is 17.9 Å². The fourth-order valence-corrected chi connectivity index (χ4v) is 4.04. The van der Waals surface area contributed by atoms with E-state index in [1.807, 2.05) is 59.5 Å². The van der Waals surface area contributed by atoms with Gasteiger partial charge < -0.3 is 0 Å². The van der Waals surface area contributed by atoms with Gasteiger partial charge in [-0.05, 0) is 34.9 Å². The molecule has 1 amide bonds. The van der Waals surface area contributed by atoms with Gasteiger partial charge >= 0.3 is 0 Å². The van der Waals surface area contributed by atoms with Gasteiger partial charge in [0.05, 0.1) is 6.54 Å². The number of aliphatic imine (C=N–C) groups is 1. The molecular formula is C22H20N2OS. The quantitative estimate of drug-likeness (QED) is 0.660. The van der Waals surface area contributed by atoms with Crippen LogP contribution in [0.25, 0.3) is 10.8 Å². The molecule has 4 rings (SSSR count). The summed E-state index contributed by atoms with van der Waals surface area (Å²) < 4.78 is 0. The van der Waals surface area contributed by atoms with Crippen molar-refractivity contribution < 1.29 is 4.79 Å². The molecule has 26 heavy (non-hydrogen) atoms. The van der Waals surface area contributed by atoms with Gasteiger partial charge in [-0.15, -0.1) is 0 Å². The second kappa shape index (κ2) is 7.75. The lowest BCUT2D eigenvalue weighted by Gasteiger charge is -2.28. The second-order valence-electron chi connectivity index (χ2n) is 6.31. The normalized spacial score (nSPS) is 16.2. The molecule has 1 aliphatic rings. The maximum Gasteiger partial charge on any atom is 0.259 e. The summed E-state index contributed by atoms with van der Waals surface area (Å²) in [5.74, 6) is 1.05. The Morgan fingerprint density at radius 3 is 2.58 bits per heavy atom. The number of amidine groups is 1. The van der Waals surface area contributed by atoms with Gasteiger partial charge in [0.15, 0.2) is 5.17 Å². The van der Waals surface area contributed by atoms with E-state index in [-0.39, 0.29) is 5.91 Å². The lowest BCUT2D eigenvalue weighted by atomic mass is 10.1. The monoisotopic (exact) mass is 360 g/mol. The third-order valence-electron chi connectivity index (χ3n) is 4.47. The number of amides is 1. The number of thioether (sulfide) groups is 1. The van der Waals surface area contributed by atoms with E-state index < -0.39 is 0 Å². The summed E-state index contributed by atoms with van der Waals surface area (Å²) in [4.78, 5) is 19.7. The van der Waals surface area contributed by atoms with Crippen molar-refractivity contribution in [2.45, 2.75) is 13.0 Å². The Morgan fingerprint density at radius 1 is 0.962 bits per heavy atom. The molecule has 0 atom stereocenters. The molecule has 1 heterocycles. The van der Waals surface area contributed by atoms with Crippen molar-refractivity contribution >= 4 is 33.6 Å². The zero-order chi connectivity index (χ0) is 17.8. The highest BCUT2D eigenvalue weighted by atomic mass is 32.2. The molecule has 3 aromatic carbocycles. The number of fused-ring (bicyclic) bond motifs is 1. The first-order chi connectivity index (χ1) is 12.8. The van der Waals surface area contributed by atoms with Crippen molar-refractivity contribution in [3.8, 4) is 0 Å². The van der Waals surface area contributed by atoms with Crippen molar-refractivity contribution in [3.63, 3.8) is 0 Å². The number of carbonyl (C=O) groups excluding carboxylic acids is 1. The molecule has 0 aliphatic carbocycles. The molecule has 0 bridgehead atoms. The fourth-order valence-electron chi connectivity index (χ4n) is 3.10. The Labute approximate surface area is 157 Å². The Morgan fingerprint density at radius 2 is 1.73 bits per heavy atom. The van der Waals surface area contributed by atoms with E-state index in [4.69, 9.17) is 4.99 Å². The SMILES string of the molecule is O=C(c1ccc2ccccc2c1)N1CCCSC1=NCc1ccccc1. The van der Waals surface area contributed by atoms with Crippen LogP contribution in [-0.4, -0.2) is 28.3 Å². The largest absolute Gasteiger partial charge is 0.287 e. The smallest absolute Gasteiger partial charge is 0.259 e. The minimum atomic E-state index is 0.0368. The van der Waals surface area contributed by atoms with E-state index in [9.17, 15) is 4.79 Å². The van der Waals surface area contributed by atoms with Crippen molar-refractivity contribution in [3.05, 3.63) is 83.9 Å². The molecule has 0 radical (unpaired) electrons. The molecule has 3 nitrogen and oxygen atoms in total. The Kier molecular flexibility index (Phi) is 5.02. The second-order valence-corrected chi connectivity index (χ2v) is 7.37. The third kappa shape index (κ3) is 3.65. The molecule has 1 saturated heterocycles. The molecule has 0 unspecified atom stereocenters. The lowest BCUT2D eigenvalue weighted by Crippen LogP contribution is -2.39. The molecule has 0 spiro atoms. The minimum Gasteiger partial charge on any atom is -0.287 e. The van der Waals surface area contributed by atoms with Crippen molar-refractivity contribution in [1.29, 1.82) is 0 Å². The van der Waals surface area contributed by atoms with E-state index in [0.29, 0.717) is 6.54 Å². The standard InChI is InChI=1S/C22H20N2OS/c25-21(20-12-11-18-9-4-5-10-19(18)15-20)24-13-6-14-26-22(24)23-16-17-7-2-1-3-8-17/h1-5,7-12,15H,6,13-14,16H2. The van der Waals surface area contributed by atoms with Crippen LogP contribution in [0.3, 0.4) is 0 Å². The summed E-state index contributed by atoms with van der Waals surface area (Å²) in [5, 5.41) is 3.07. The topological polar surface area (TPSA) is 32.7 Å². The summed E-state index contributed by atoms with van der Waals surface area (Å²) >= 11 is 1.67. The van der Waals surface area contributed by atoms with Crippen molar-refractivity contribution in [1.82, 2.24) is 4.90 Å². The maximum atomic E-state index is 13.1. The molecule has 130 valence electrons. The molecule has 0 N–H and O–H groups in total. The molecular weight excluding hydrogens is 340 g/mol. The molecule has 0 aromatic heterocycles. The van der Waals surface area contributed by atoms with E-state index in [0.717, 1.165) is 45.8 Å². The predicted molar refractivity (Wildman–Crippen MR) is 110 cm³/mol. The van der Waals surface area contributed by atoms with Crippen LogP contribution in [0.1, 0.15) is 22.3 Å². The van der Waals surface area contributed by atoms with Gasteiger partial charge in [0.2, 0.25) is 0 Å². The van der Waals surface area contributed by atoms with Gasteiger partial charge in [-0.3, -0.25) is 14.7 Å². The summed E-state index contributed by atoms with van der Waals surface area (Å²) in [6.07, 6.45) is 0.994. The maximum absolute atomic E-state index is 13.1. The van der Waals surface area contributed by atoms with Crippen molar-refractivity contribution in [2.75, 3.05) is 12.3 Å². The summed E-state index contributed by atoms with van der Waals surface area (Å²) in [6, 6.07) is 24.2. The van der Waals surface area contributed by atoms with Crippen LogP contribution in [0.5, 0.6) is 0 Å². The number of benzene rings is 3. The average Bonchev–Trinajstić information content (AvgIpc) is 2.72. The summed E-state index contributed by atoms with van der Waals surface area (Å²) in [6.45, 7) is 1.33. The van der Waals surface area contributed by atoms with E-state index in [1.54, 1.807) is 11.8 Å². The summed E-state index contributed by atoms with van der Waals surface area (Å²) in [7, 11) is 0. The first-order valence-corrected chi connectivity index (χ1v) is 9.82. The van der Waals surface area contributed by atoms with Gasteiger partial charge in [0.25, 0.3) is 5.91 Å². The van der Waals surface area contributed by atoms with Gasteiger partial charge in [-0.2, -0.15) is 0 Å². The number of carbonyl (C=O) groups is 1. The zero-order valence-corrected chi connectivity index (χ0v) is 15.3. The number of hydrogen-bond donors (Lipinski definition) is 0. The van der Waals surface area contributed by atoms with Crippen LogP contribution in [0.4, 0.5) is 0 Å². The third-order valence-corrected chi connectivity index (χ3v) is 5.57. The van der Waals surface area contributed by atoms with Crippen LogP contribution in [-0.2, 0) is 6.54 Å². The van der Waals surface area contributed by atoms with E-state index >= 15 is 0 Å². The zero-order valence-electron chi connectivity index (χ0n) is 14.5. The van der Waals surface area contributed by atoms with Crippen molar-refractivity contribution in [2.24, 2.45) is 4.99 Å². The van der Waals surface area contributed by atoms with Gasteiger partial charge in [-0.25, -0.2) is 0 Å². The van der Waals surface area contributed by atoms with Crippen LogP contribution >= 0.6 is 11.8 Å². The van der Waals surface area contributed by atoms with Crippen LogP contribution < -0.4 is 0 Å². The van der Waals surface area contributed by atoms with E-state index in [2.05, 4.69) is 18.2 Å². The molecule has 1 aliphatic heterocycles. The average molecular weight is 360 g/mol. The lowest BCUT2D eigenvalue weighted by molar-refractivity contribution is 0.0849. The Bertz CT molecular complexity index is 953. The molecule has 3 aromatic rings. The van der Waals surface area contributed by atoms with Crippen LogP contribution in [0, 0.1) is 0 Å². The highest BCUT2D eigenvalue weighted by Crippen LogP contribution is 2.23. The first-order valence-electron chi connectivity index (χ1n) is 8.83. The van der Waals surface area contributed by atoms with Gasteiger partial charge in [0.1, 0.15) is 0 Å². The summed E-state index contributed by atoms with van der Waals surface area (Å²) in [5.41, 5.74) is 1.88. The first kappa shape index (κ1) is 16.9. The highest BCUT2D eigenvalue weighted by Gasteiger charge is 2.24. The minimum absolute atomic E-state index is 0.0368. The number of rotatable bonds is 3. The Hall–Kier alpha value is -2.59. The Balaban J connectivity index is 1.59. The number of hydrogen-bond acceptors (Lipinski definition) is 3. The number of nitrogens with zero attached hydrogens (tertiary/aromatic N) is 2. The molecule has 1 fully saturated rings. The van der Waals surface area contributed by atoms with E-state index in [1.165, 1.54) is 0 Å². The molecule has 0 saturated carbocycles. The highest BCUT2D eigenvalue weighted by molar-refractivity contribution is 8.13. The predicted octanol–water partition coefficient (Wildman–Crippen LogP) is 4.98. The molecule has 4 heteroatoms. The van der Waals surface area contributed by atoms with Gasteiger partial charge in [-0.1, -0.05) is 72.4 Å². The fraction of sp³-hybridized carbons (Fsp3) is 0.182. The van der Waals surface area contributed by atoms with Crippen LogP contribution in [0.2, 0.25) is 0 Å². The van der Waals surface area contributed by atoms with Crippen LogP contribution in [0.15, 0.2) is 77.8 Å².